The number of hydrogen-bond donors (Lipinski definition) is 1. The number of halogens is 1. The number of nitro benzene ring substituents is 1. The van der Waals surface area contributed by atoms with Crippen molar-refractivity contribution < 1.29 is 9.72 Å². The summed E-state index contributed by atoms with van der Waals surface area (Å²) >= 11 is 0. The summed E-state index contributed by atoms with van der Waals surface area (Å²) in [6.07, 6.45) is 3.14. The highest BCUT2D eigenvalue weighted by atomic mass is 35.5. The summed E-state index contributed by atoms with van der Waals surface area (Å²) in [5.74, 6) is 0.553. The quantitative estimate of drug-likeness (QED) is 0.666. The van der Waals surface area contributed by atoms with Crippen molar-refractivity contribution in [2.75, 3.05) is 26.7 Å². The molecule has 0 unspecified atom stereocenters. The number of benzene rings is 1. The normalized spacial score (nSPS) is 15.2. The Morgan fingerprint density at radius 3 is 2.68 bits per heavy atom. The molecule has 0 aliphatic carbocycles. The molecule has 1 saturated heterocycles. The lowest BCUT2D eigenvalue weighted by Crippen LogP contribution is -2.38. The fraction of sp³-hybridized carbons (Fsp3) is 0.533. The molecule has 6 nitrogen and oxygen atoms in total. The highest BCUT2D eigenvalue weighted by Crippen LogP contribution is 2.22. The van der Waals surface area contributed by atoms with Crippen LogP contribution in [0.2, 0.25) is 0 Å². The van der Waals surface area contributed by atoms with Crippen molar-refractivity contribution in [2.24, 2.45) is 5.92 Å². The molecule has 1 N–H and O–H groups in total. The maximum atomic E-state index is 12.4. The molecule has 22 heavy (non-hydrogen) atoms. The number of hydrogen-bond acceptors (Lipinski definition) is 4. The van der Waals surface area contributed by atoms with Crippen LogP contribution in [0.1, 0.15) is 29.6 Å². The average molecular weight is 328 g/mol. The minimum Gasteiger partial charge on any atom is -0.339 e. The van der Waals surface area contributed by atoms with Crippen LogP contribution in [0.4, 0.5) is 5.69 Å². The summed E-state index contributed by atoms with van der Waals surface area (Å²) in [7, 11) is 1.95. The first-order valence-corrected chi connectivity index (χ1v) is 7.30. The van der Waals surface area contributed by atoms with Crippen LogP contribution in [0.25, 0.3) is 0 Å². The lowest BCUT2D eigenvalue weighted by Gasteiger charge is -2.32. The minimum absolute atomic E-state index is 0. The van der Waals surface area contributed by atoms with Crippen molar-refractivity contribution in [1.29, 1.82) is 0 Å². The van der Waals surface area contributed by atoms with Crippen LogP contribution in [0.3, 0.4) is 0 Å². The molecule has 0 bridgehead atoms. The van der Waals surface area contributed by atoms with E-state index in [1.54, 1.807) is 17.0 Å². The third-order valence-electron chi connectivity index (χ3n) is 4.01. The van der Waals surface area contributed by atoms with Crippen LogP contribution >= 0.6 is 12.4 Å². The van der Waals surface area contributed by atoms with Gasteiger partial charge in [0.1, 0.15) is 0 Å². The second-order valence-electron chi connectivity index (χ2n) is 5.44. The molecule has 1 amide bonds. The van der Waals surface area contributed by atoms with E-state index in [-0.39, 0.29) is 24.0 Å². The number of amides is 1. The van der Waals surface area contributed by atoms with Crippen molar-refractivity contribution in [3.63, 3.8) is 0 Å². The van der Waals surface area contributed by atoms with E-state index in [4.69, 9.17) is 0 Å². The third-order valence-corrected chi connectivity index (χ3v) is 4.01. The molecule has 0 radical (unpaired) electrons. The molecule has 0 atom stereocenters. The molecule has 0 saturated carbocycles. The number of likely N-dealkylation sites (tertiary alicyclic amines) is 1. The van der Waals surface area contributed by atoms with Crippen LogP contribution < -0.4 is 5.32 Å². The summed E-state index contributed by atoms with van der Waals surface area (Å²) in [6.45, 7) is 2.47. The van der Waals surface area contributed by atoms with Crippen LogP contribution in [0.15, 0.2) is 24.3 Å². The Labute approximate surface area is 136 Å². The number of carbonyl (C=O) groups is 1. The minimum atomic E-state index is -0.471. The molecule has 1 aliphatic heterocycles. The lowest BCUT2D eigenvalue weighted by molar-refractivity contribution is -0.384. The predicted molar refractivity (Wildman–Crippen MR) is 87.5 cm³/mol. The summed E-state index contributed by atoms with van der Waals surface area (Å²) in [5, 5.41) is 13.9. The number of non-ortho nitro benzene ring substituents is 1. The van der Waals surface area contributed by atoms with Gasteiger partial charge in [-0.3, -0.25) is 14.9 Å². The zero-order valence-electron chi connectivity index (χ0n) is 12.7. The molecule has 1 fully saturated rings. The summed E-state index contributed by atoms with van der Waals surface area (Å²) in [6, 6.07) is 5.96. The van der Waals surface area contributed by atoms with Crippen LogP contribution in [0.5, 0.6) is 0 Å². The van der Waals surface area contributed by atoms with Crippen molar-refractivity contribution in [3.05, 3.63) is 39.9 Å². The van der Waals surface area contributed by atoms with Gasteiger partial charge in [0.05, 0.1) is 4.92 Å². The van der Waals surface area contributed by atoms with Crippen LogP contribution in [-0.2, 0) is 0 Å². The summed E-state index contributed by atoms with van der Waals surface area (Å²) < 4.78 is 0. The fourth-order valence-corrected chi connectivity index (χ4v) is 2.71. The Balaban J connectivity index is 0.00000242. The van der Waals surface area contributed by atoms with Gasteiger partial charge in [-0.2, -0.15) is 0 Å². The molecule has 0 aromatic heterocycles. The van der Waals surface area contributed by atoms with Gasteiger partial charge >= 0.3 is 0 Å². The summed E-state index contributed by atoms with van der Waals surface area (Å²) in [5.41, 5.74) is 0.364. The number of piperidine rings is 1. The van der Waals surface area contributed by atoms with Gasteiger partial charge in [0.15, 0.2) is 0 Å². The van der Waals surface area contributed by atoms with Crippen molar-refractivity contribution in [2.45, 2.75) is 19.3 Å². The Bertz CT molecular complexity index is 517. The number of nitrogens with zero attached hydrogens (tertiary/aromatic N) is 2. The number of rotatable bonds is 5. The zero-order valence-corrected chi connectivity index (χ0v) is 13.5. The Morgan fingerprint density at radius 1 is 1.41 bits per heavy atom. The largest absolute Gasteiger partial charge is 0.339 e. The zero-order chi connectivity index (χ0) is 15.2. The predicted octanol–water partition coefficient (Wildman–Crippen LogP) is 2.48. The van der Waals surface area contributed by atoms with E-state index in [2.05, 4.69) is 5.32 Å². The molecule has 122 valence electrons. The Morgan fingerprint density at radius 2 is 2.09 bits per heavy atom. The van der Waals surface area contributed by atoms with Gasteiger partial charge in [-0.05, 0) is 44.8 Å². The Kier molecular flexibility index (Phi) is 7.27. The topological polar surface area (TPSA) is 75.5 Å². The van der Waals surface area contributed by atoms with Crippen molar-refractivity contribution in [1.82, 2.24) is 10.2 Å². The molecule has 1 aromatic carbocycles. The lowest BCUT2D eigenvalue weighted by atomic mass is 9.93. The molecule has 1 heterocycles. The molecule has 0 spiro atoms. The van der Waals surface area contributed by atoms with Gasteiger partial charge in [0.2, 0.25) is 0 Å². The standard InChI is InChI=1S/C15H21N3O3.ClH/c1-16-8-5-12-6-9-17(10-7-12)15(19)13-3-2-4-14(11-13)18(20)21;/h2-4,11-12,16H,5-10H2,1H3;1H. The smallest absolute Gasteiger partial charge is 0.270 e. The van der Waals surface area contributed by atoms with E-state index >= 15 is 0 Å². The van der Waals surface area contributed by atoms with E-state index in [1.165, 1.54) is 12.1 Å². The summed E-state index contributed by atoms with van der Waals surface area (Å²) in [4.78, 5) is 24.5. The van der Waals surface area contributed by atoms with E-state index in [0.717, 1.165) is 38.9 Å². The SMILES string of the molecule is CNCCC1CCN(C(=O)c2cccc([N+](=O)[O-])c2)CC1.Cl. The Hall–Kier alpha value is -1.66. The van der Waals surface area contributed by atoms with Crippen LogP contribution in [0, 0.1) is 16.0 Å². The second-order valence-corrected chi connectivity index (χ2v) is 5.44. The fourth-order valence-electron chi connectivity index (χ4n) is 2.71. The van der Waals surface area contributed by atoms with Gasteiger partial charge in [0.25, 0.3) is 11.6 Å². The van der Waals surface area contributed by atoms with Gasteiger partial charge in [-0.1, -0.05) is 6.07 Å². The maximum absolute atomic E-state index is 12.4. The van der Waals surface area contributed by atoms with E-state index in [1.807, 2.05) is 7.05 Å². The number of carbonyl (C=O) groups excluding carboxylic acids is 1. The first-order chi connectivity index (χ1) is 10.1. The molecular formula is C15H22ClN3O3. The second kappa shape index (κ2) is 8.70. The number of nitro groups is 1. The highest BCUT2D eigenvalue weighted by molar-refractivity contribution is 5.94. The van der Waals surface area contributed by atoms with E-state index < -0.39 is 4.92 Å². The monoisotopic (exact) mass is 327 g/mol. The van der Waals surface area contributed by atoms with Crippen molar-refractivity contribution in [3.8, 4) is 0 Å². The van der Waals surface area contributed by atoms with E-state index in [0.29, 0.717) is 11.5 Å². The van der Waals surface area contributed by atoms with E-state index in [9.17, 15) is 14.9 Å². The molecule has 2 rings (SSSR count). The number of nitrogens with one attached hydrogen (secondary N) is 1. The first-order valence-electron chi connectivity index (χ1n) is 7.30. The van der Waals surface area contributed by atoms with Gasteiger partial charge in [-0.25, -0.2) is 0 Å². The molecule has 1 aliphatic rings. The first kappa shape index (κ1) is 18.4. The van der Waals surface area contributed by atoms with Gasteiger partial charge < -0.3 is 10.2 Å². The van der Waals surface area contributed by atoms with Gasteiger partial charge in [-0.15, -0.1) is 12.4 Å². The molecule has 1 aromatic rings. The van der Waals surface area contributed by atoms with Crippen molar-refractivity contribution >= 4 is 24.0 Å². The maximum Gasteiger partial charge on any atom is 0.270 e. The molecular weight excluding hydrogens is 306 g/mol. The van der Waals surface area contributed by atoms with Gasteiger partial charge in [0, 0.05) is 30.8 Å². The average Bonchev–Trinajstić information content (AvgIpc) is 2.53. The molecule has 7 heteroatoms. The van der Waals surface area contributed by atoms with Crippen LogP contribution in [-0.4, -0.2) is 42.4 Å². The highest BCUT2D eigenvalue weighted by Gasteiger charge is 2.24. The third kappa shape index (κ3) is 4.68.